The van der Waals surface area contributed by atoms with Gasteiger partial charge in [-0.05, 0) is 18.6 Å². The lowest BCUT2D eigenvalue weighted by molar-refractivity contribution is 0.938. The number of benzene rings is 1. The van der Waals surface area contributed by atoms with E-state index < -0.39 is 0 Å². The molecule has 0 spiro atoms. The molecule has 2 aromatic rings. The predicted octanol–water partition coefficient (Wildman–Crippen LogP) is 2.01. The number of aryl methyl sites for hydroxylation is 1. The van der Waals surface area contributed by atoms with Crippen LogP contribution >= 0.6 is 0 Å². The van der Waals surface area contributed by atoms with E-state index in [1.807, 2.05) is 24.1 Å². The fourth-order valence-electron chi connectivity index (χ4n) is 1.84. The van der Waals surface area contributed by atoms with Gasteiger partial charge in [-0.15, -0.1) is 0 Å². The minimum atomic E-state index is 0.388. The molecule has 4 nitrogen and oxygen atoms in total. The molecule has 0 aliphatic heterocycles. The Morgan fingerprint density at radius 3 is 2.59 bits per heavy atom. The molecular formula is C13H16N4. The van der Waals surface area contributed by atoms with E-state index in [1.54, 1.807) is 12.4 Å². The maximum absolute atomic E-state index is 5.68. The highest BCUT2D eigenvalue weighted by atomic mass is 15.2. The molecule has 0 amide bonds. The fraction of sp³-hybridized carbons (Fsp3) is 0.231. The molecule has 0 saturated carbocycles. The highest BCUT2D eigenvalue weighted by molar-refractivity contribution is 5.64. The van der Waals surface area contributed by atoms with Crippen LogP contribution in [0.4, 0.5) is 11.5 Å². The average Bonchev–Trinajstić information content (AvgIpc) is 2.38. The van der Waals surface area contributed by atoms with E-state index in [4.69, 9.17) is 5.73 Å². The van der Waals surface area contributed by atoms with Gasteiger partial charge in [-0.1, -0.05) is 18.2 Å². The number of hydrogen-bond donors (Lipinski definition) is 1. The third-order valence-electron chi connectivity index (χ3n) is 2.74. The van der Waals surface area contributed by atoms with Gasteiger partial charge in [0.05, 0.1) is 5.69 Å². The Morgan fingerprint density at radius 2 is 1.88 bits per heavy atom. The highest BCUT2D eigenvalue weighted by Gasteiger charge is 2.11. The van der Waals surface area contributed by atoms with Gasteiger partial charge in [0.15, 0.2) is 5.82 Å². The second kappa shape index (κ2) is 4.93. The topological polar surface area (TPSA) is 55.0 Å². The van der Waals surface area contributed by atoms with Gasteiger partial charge in [-0.2, -0.15) is 0 Å². The second-order valence-electron chi connectivity index (χ2n) is 3.88. The minimum absolute atomic E-state index is 0.388. The van der Waals surface area contributed by atoms with E-state index >= 15 is 0 Å². The van der Waals surface area contributed by atoms with Crippen molar-refractivity contribution < 1.29 is 0 Å². The van der Waals surface area contributed by atoms with Crippen molar-refractivity contribution in [3.63, 3.8) is 0 Å². The van der Waals surface area contributed by atoms with E-state index in [2.05, 4.69) is 29.0 Å². The molecule has 1 aromatic heterocycles. The van der Waals surface area contributed by atoms with Crippen molar-refractivity contribution in [1.29, 1.82) is 0 Å². The minimum Gasteiger partial charge on any atom is -0.328 e. The molecule has 17 heavy (non-hydrogen) atoms. The average molecular weight is 228 g/mol. The second-order valence-corrected chi connectivity index (χ2v) is 3.88. The van der Waals surface area contributed by atoms with E-state index in [0.29, 0.717) is 6.54 Å². The zero-order valence-corrected chi connectivity index (χ0v) is 10.1. The third kappa shape index (κ3) is 2.26. The maximum Gasteiger partial charge on any atom is 0.155 e. The Balaban J connectivity index is 2.44. The maximum atomic E-state index is 5.68. The molecule has 1 heterocycles. The van der Waals surface area contributed by atoms with Gasteiger partial charge in [0, 0.05) is 31.7 Å². The number of nitrogens with two attached hydrogens (primary N) is 1. The molecule has 1 aromatic carbocycles. The standard InChI is InChI=1S/C13H16N4/c1-10-5-3-4-6-12(10)17(2)13-11(9-14)15-7-8-16-13/h3-8H,9,14H2,1-2H3. The molecule has 4 heteroatoms. The van der Waals surface area contributed by atoms with Crippen LogP contribution in [0.1, 0.15) is 11.3 Å². The van der Waals surface area contributed by atoms with Gasteiger partial charge in [0.25, 0.3) is 0 Å². The normalized spacial score (nSPS) is 10.3. The summed E-state index contributed by atoms with van der Waals surface area (Å²) in [7, 11) is 1.98. The van der Waals surface area contributed by atoms with Crippen molar-refractivity contribution in [3.05, 3.63) is 47.9 Å². The van der Waals surface area contributed by atoms with Crippen LogP contribution in [0.3, 0.4) is 0 Å². The first kappa shape index (κ1) is 11.5. The molecule has 2 N–H and O–H groups in total. The van der Waals surface area contributed by atoms with Crippen LogP contribution < -0.4 is 10.6 Å². The monoisotopic (exact) mass is 228 g/mol. The largest absolute Gasteiger partial charge is 0.328 e. The van der Waals surface area contributed by atoms with Crippen LogP contribution in [0.2, 0.25) is 0 Å². The van der Waals surface area contributed by atoms with Gasteiger partial charge >= 0.3 is 0 Å². The van der Waals surface area contributed by atoms with Crippen LogP contribution in [-0.4, -0.2) is 17.0 Å². The summed E-state index contributed by atoms with van der Waals surface area (Å²) in [4.78, 5) is 10.6. The van der Waals surface area contributed by atoms with E-state index in [-0.39, 0.29) is 0 Å². The van der Waals surface area contributed by atoms with Crippen molar-refractivity contribution in [1.82, 2.24) is 9.97 Å². The number of rotatable bonds is 3. The molecular weight excluding hydrogens is 212 g/mol. The Kier molecular flexibility index (Phi) is 3.35. The Bertz CT molecular complexity index is 510. The van der Waals surface area contributed by atoms with Crippen molar-refractivity contribution in [3.8, 4) is 0 Å². The smallest absolute Gasteiger partial charge is 0.155 e. The zero-order valence-electron chi connectivity index (χ0n) is 10.1. The number of para-hydroxylation sites is 1. The van der Waals surface area contributed by atoms with E-state index in [0.717, 1.165) is 17.2 Å². The fourth-order valence-corrected chi connectivity index (χ4v) is 1.84. The zero-order chi connectivity index (χ0) is 12.3. The Morgan fingerprint density at radius 1 is 1.18 bits per heavy atom. The molecule has 0 saturated heterocycles. The van der Waals surface area contributed by atoms with Gasteiger partial charge in [-0.3, -0.25) is 4.98 Å². The van der Waals surface area contributed by atoms with Crippen molar-refractivity contribution in [2.45, 2.75) is 13.5 Å². The van der Waals surface area contributed by atoms with Gasteiger partial charge < -0.3 is 10.6 Å². The highest BCUT2D eigenvalue weighted by Crippen LogP contribution is 2.26. The summed E-state index contributed by atoms with van der Waals surface area (Å²) in [5, 5.41) is 0. The third-order valence-corrected chi connectivity index (χ3v) is 2.74. The SMILES string of the molecule is Cc1ccccc1N(C)c1nccnc1CN. The van der Waals surface area contributed by atoms with E-state index in [9.17, 15) is 0 Å². The summed E-state index contributed by atoms with van der Waals surface area (Å²) in [6.07, 6.45) is 3.35. The lowest BCUT2D eigenvalue weighted by Gasteiger charge is -2.21. The molecule has 0 atom stereocenters. The molecule has 88 valence electrons. The number of nitrogens with zero attached hydrogens (tertiary/aromatic N) is 3. The molecule has 0 bridgehead atoms. The predicted molar refractivity (Wildman–Crippen MR) is 69.2 cm³/mol. The van der Waals surface area contributed by atoms with Crippen molar-refractivity contribution in [2.75, 3.05) is 11.9 Å². The molecule has 0 unspecified atom stereocenters. The Hall–Kier alpha value is -1.94. The van der Waals surface area contributed by atoms with Crippen molar-refractivity contribution >= 4 is 11.5 Å². The van der Waals surface area contributed by atoms with Gasteiger partial charge in [-0.25, -0.2) is 4.98 Å². The van der Waals surface area contributed by atoms with Crippen LogP contribution in [0, 0.1) is 6.92 Å². The first-order valence-electron chi connectivity index (χ1n) is 5.53. The number of anilines is 2. The summed E-state index contributed by atoms with van der Waals surface area (Å²) in [5.74, 6) is 0.810. The summed E-state index contributed by atoms with van der Waals surface area (Å²) in [6.45, 7) is 2.46. The summed E-state index contributed by atoms with van der Waals surface area (Å²) >= 11 is 0. The summed E-state index contributed by atoms with van der Waals surface area (Å²) in [6, 6.07) is 8.17. The molecule has 0 fully saturated rings. The summed E-state index contributed by atoms with van der Waals surface area (Å²) < 4.78 is 0. The first-order chi connectivity index (χ1) is 8.24. The van der Waals surface area contributed by atoms with Crippen LogP contribution in [0.5, 0.6) is 0 Å². The van der Waals surface area contributed by atoms with Gasteiger partial charge in [0.2, 0.25) is 0 Å². The molecule has 0 aliphatic carbocycles. The summed E-state index contributed by atoms with van der Waals surface area (Å²) in [5.41, 5.74) is 8.79. The Labute approximate surface area is 101 Å². The van der Waals surface area contributed by atoms with Crippen molar-refractivity contribution in [2.24, 2.45) is 5.73 Å². The lowest BCUT2D eigenvalue weighted by atomic mass is 10.2. The molecule has 0 radical (unpaired) electrons. The molecule has 2 rings (SSSR count). The van der Waals surface area contributed by atoms with Crippen LogP contribution in [0.25, 0.3) is 0 Å². The van der Waals surface area contributed by atoms with E-state index in [1.165, 1.54) is 5.56 Å². The van der Waals surface area contributed by atoms with Crippen LogP contribution in [0.15, 0.2) is 36.7 Å². The number of aromatic nitrogens is 2. The lowest BCUT2D eigenvalue weighted by Crippen LogP contribution is -2.17. The first-order valence-corrected chi connectivity index (χ1v) is 5.53. The van der Waals surface area contributed by atoms with Crippen LogP contribution in [-0.2, 0) is 6.54 Å². The van der Waals surface area contributed by atoms with Gasteiger partial charge in [0.1, 0.15) is 0 Å². The quantitative estimate of drug-likeness (QED) is 0.873. The molecule has 0 aliphatic rings. The number of hydrogen-bond acceptors (Lipinski definition) is 4.